The summed E-state index contributed by atoms with van der Waals surface area (Å²) in [6.45, 7) is 0. The molecule has 116 valence electrons. The Morgan fingerprint density at radius 2 is 1.92 bits per heavy atom. The summed E-state index contributed by atoms with van der Waals surface area (Å²) >= 11 is 5.94. The Hall–Kier alpha value is -3.23. The zero-order valence-electron chi connectivity index (χ0n) is 12.4. The lowest BCUT2D eigenvalue weighted by atomic mass is 10.1. The van der Waals surface area contributed by atoms with Crippen LogP contribution in [0.15, 0.2) is 66.0 Å². The first kappa shape index (κ1) is 15.7. The Morgan fingerprint density at radius 3 is 2.62 bits per heavy atom. The van der Waals surface area contributed by atoms with Crippen LogP contribution >= 0.6 is 11.6 Å². The van der Waals surface area contributed by atoms with Gasteiger partial charge in [0.1, 0.15) is 11.8 Å². The molecule has 0 aliphatic rings. The first-order chi connectivity index (χ1) is 11.7. The molecule has 3 aromatic rings. The third-order valence-electron chi connectivity index (χ3n) is 3.29. The molecule has 0 aliphatic carbocycles. The Labute approximate surface area is 143 Å². The highest BCUT2D eigenvalue weighted by atomic mass is 35.5. The number of nitriles is 1. The van der Waals surface area contributed by atoms with Gasteiger partial charge in [0, 0.05) is 29.2 Å². The standard InChI is InChI=1S/C18H11ClN4O/c19-13-2-1-3-14(10-13)23-16(11-20)15-6-9-22-17(18(15)24)12-4-7-21-8-5-12/h1-10,24H. The summed E-state index contributed by atoms with van der Waals surface area (Å²) in [5.41, 5.74) is 1.97. The molecule has 6 heteroatoms. The van der Waals surface area contributed by atoms with Gasteiger partial charge in [0.05, 0.1) is 11.3 Å². The normalized spacial score (nSPS) is 11.1. The lowest BCUT2D eigenvalue weighted by Crippen LogP contribution is -2.00. The van der Waals surface area contributed by atoms with Crippen LogP contribution in [0, 0.1) is 11.3 Å². The molecule has 0 aliphatic heterocycles. The van der Waals surface area contributed by atoms with Crippen LogP contribution in [-0.2, 0) is 0 Å². The molecule has 5 nitrogen and oxygen atoms in total. The van der Waals surface area contributed by atoms with Gasteiger partial charge in [-0.3, -0.25) is 9.97 Å². The Balaban J connectivity index is 2.10. The SMILES string of the molecule is N#CC(=Nc1cccc(Cl)c1)c1ccnc(-c2ccncc2)c1O. The maximum Gasteiger partial charge on any atom is 0.152 e. The van der Waals surface area contributed by atoms with Gasteiger partial charge in [-0.2, -0.15) is 5.26 Å². The summed E-state index contributed by atoms with van der Waals surface area (Å²) in [5.74, 6) is -0.106. The van der Waals surface area contributed by atoms with Gasteiger partial charge in [-0.1, -0.05) is 17.7 Å². The molecule has 3 rings (SSSR count). The van der Waals surface area contributed by atoms with Crippen molar-refractivity contribution in [2.75, 3.05) is 0 Å². The van der Waals surface area contributed by atoms with Crippen LogP contribution in [0.2, 0.25) is 5.02 Å². The molecule has 0 radical (unpaired) electrons. The number of pyridine rings is 2. The largest absolute Gasteiger partial charge is 0.505 e. The van der Waals surface area contributed by atoms with E-state index in [-0.39, 0.29) is 11.5 Å². The van der Waals surface area contributed by atoms with Crippen LogP contribution in [-0.4, -0.2) is 20.8 Å². The highest BCUT2D eigenvalue weighted by Gasteiger charge is 2.15. The minimum absolute atomic E-state index is 0.0764. The predicted octanol–water partition coefficient (Wildman–Crippen LogP) is 4.15. The van der Waals surface area contributed by atoms with Crippen molar-refractivity contribution in [3.63, 3.8) is 0 Å². The van der Waals surface area contributed by atoms with Crippen molar-refractivity contribution in [2.45, 2.75) is 0 Å². The highest BCUT2D eigenvalue weighted by molar-refractivity contribution is 6.30. The lowest BCUT2D eigenvalue weighted by Gasteiger charge is -2.08. The van der Waals surface area contributed by atoms with E-state index >= 15 is 0 Å². The third kappa shape index (κ3) is 3.24. The second kappa shape index (κ2) is 6.90. The van der Waals surface area contributed by atoms with Gasteiger partial charge in [0.15, 0.2) is 11.5 Å². The number of aromatic hydroxyl groups is 1. The fraction of sp³-hybridized carbons (Fsp3) is 0. The topological polar surface area (TPSA) is 82.2 Å². The number of aliphatic imine (C=N–C) groups is 1. The molecular formula is C18H11ClN4O. The van der Waals surface area contributed by atoms with Crippen molar-refractivity contribution in [3.8, 4) is 23.1 Å². The summed E-state index contributed by atoms with van der Waals surface area (Å²) in [7, 11) is 0. The van der Waals surface area contributed by atoms with E-state index < -0.39 is 0 Å². The fourth-order valence-electron chi connectivity index (χ4n) is 2.19. The zero-order chi connectivity index (χ0) is 16.9. The van der Waals surface area contributed by atoms with Crippen molar-refractivity contribution in [2.24, 2.45) is 4.99 Å². The van der Waals surface area contributed by atoms with Crippen LogP contribution in [0.25, 0.3) is 11.3 Å². The molecule has 0 saturated carbocycles. The summed E-state index contributed by atoms with van der Waals surface area (Å²) in [6, 6.07) is 13.8. The molecule has 2 heterocycles. The number of hydrogen-bond donors (Lipinski definition) is 1. The van der Waals surface area contributed by atoms with Gasteiger partial charge in [-0.15, -0.1) is 0 Å². The molecule has 0 unspecified atom stereocenters. The number of rotatable bonds is 3. The van der Waals surface area contributed by atoms with Gasteiger partial charge in [-0.25, -0.2) is 4.99 Å². The van der Waals surface area contributed by atoms with E-state index in [1.807, 2.05) is 6.07 Å². The van der Waals surface area contributed by atoms with E-state index in [0.29, 0.717) is 27.5 Å². The molecule has 0 atom stereocenters. The summed E-state index contributed by atoms with van der Waals surface area (Å²) in [4.78, 5) is 12.4. The van der Waals surface area contributed by atoms with Crippen LogP contribution in [0.4, 0.5) is 5.69 Å². The van der Waals surface area contributed by atoms with Gasteiger partial charge in [0.2, 0.25) is 0 Å². The van der Waals surface area contributed by atoms with E-state index in [1.54, 1.807) is 54.9 Å². The monoisotopic (exact) mass is 334 g/mol. The smallest absolute Gasteiger partial charge is 0.152 e. The van der Waals surface area contributed by atoms with Crippen LogP contribution in [0.1, 0.15) is 5.56 Å². The van der Waals surface area contributed by atoms with Gasteiger partial charge < -0.3 is 5.11 Å². The molecule has 0 amide bonds. The first-order valence-corrected chi connectivity index (χ1v) is 7.40. The predicted molar refractivity (Wildman–Crippen MR) is 92.4 cm³/mol. The fourth-order valence-corrected chi connectivity index (χ4v) is 2.37. The number of benzene rings is 1. The molecule has 2 aromatic heterocycles. The van der Waals surface area contributed by atoms with Crippen molar-refractivity contribution in [1.82, 2.24) is 9.97 Å². The highest BCUT2D eigenvalue weighted by Crippen LogP contribution is 2.30. The van der Waals surface area contributed by atoms with E-state index in [1.165, 1.54) is 6.20 Å². The minimum atomic E-state index is -0.106. The summed E-state index contributed by atoms with van der Waals surface area (Å²) in [6.07, 6.45) is 4.73. The Morgan fingerprint density at radius 1 is 1.12 bits per heavy atom. The minimum Gasteiger partial charge on any atom is -0.505 e. The van der Waals surface area contributed by atoms with Crippen LogP contribution in [0.3, 0.4) is 0 Å². The number of halogens is 1. The molecule has 1 N–H and O–H groups in total. The maximum atomic E-state index is 10.5. The van der Waals surface area contributed by atoms with E-state index in [2.05, 4.69) is 15.0 Å². The molecule has 0 bridgehead atoms. The van der Waals surface area contributed by atoms with Gasteiger partial charge >= 0.3 is 0 Å². The van der Waals surface area contributed by atoms with E-state index in [0.717, 1.165) is 0 Å². The van der Waals surface area contributed by atoms with Crippen LogP contribution in [0.5, 0.6) is 5.75 Å². The van der Waals surface area contributed by atoms with Crippen molar-refractivity contribution >= 4 is 23.0 Å². The molecule has 1 aromatic carbocycles. The van der Waals surface area contributed by atoms with Crippen molar-refractivity contribution in [1.29, 1.82) is 5.26 Å². The number of aromatic nitrogens is 2. The van der Waals surface area contributed by atoms with E-state index in [9.17, 15) is 10.4 Å². The summed E-state index contributed by atoms with van der Waals surface area (Å²) in [5, 5.41) is 20.5. The first-order valence-electron chi connectivity index (χ1n) is 7.02. The summed E-state index contributed by atoms with van der Waals surface area (Å²) < 4.78 is 0. The third-order valence-corrected chi connectivity index (χ3v) is 3.52. The van der Waals surface area contributed by atoms with E-state index in [4.69, 9.17) is 11.6 Å². The Kier molecular flexibility index (Phi) is 4.50. The quantitative estimate of drug-likeness (QED) is 0.729. The lowest BCUT2D eigenvalue weighted by molar-refractivity contribution is 0.474. The molecule has 24 heavy (non-hydrogen) atoms. The second-order valence-corrected chi connectivity index (χ2v) is 5.28. The molecular weight excluding hydrogens is 324 g/mol. The average Bonchev–Trinajstić information content (AvgIpc) is 2.61. The molecule has 0 fully saturated rings. The van der Waals surface area contributed by atoms with Crippen molar-refractivity contribution < 1.29 is 5.11 Å². The van der Waals surface area contributed by atoms with Crippen LogP contribution < -0.4 is 0 Å². The number of nitrogens with zero attached hydrogens (tertiary/aromatic N) is 4. The average molecular weight is 335 g/mol. The van der Waals surface area contributed by atoms with Crippen molar-refractivity contribution in [3.05, 3.63) is 71.6 Å². The van der Waals surface area contributed by atoms with Gasteiger partial charge in [0.25, 0.3) is 0 Å². The zero-order valence-corrected chi connectivity index (χ0v) is 13.1. The molecule has 0 spiro atoms. The maximum absolute atomic E-state index is 10.5. The number of hydrogen-bond acceptors (Lipinski definition) is 5. The Bertz CT molecular complexity index is 949. The second-order valence-electron chi connectivity index (χ2n) is 4.84. The van der Waals surface area contributed by atoms with Gasteiger partial charge in [-0.05, 0) is 36.4 Å². The molecule has 0 saturated heterocycles.